The minimum Gasteiger partial charge on any atom is -0.352 e. The monoisotopic (exact) mass is 166 g/mol. The van der Waals surface area contributed by atoms with E-state index in [4.69, 9.17) is 0 Å². The number of carbonyl (C=O) groups is 1. The first-order chi connectivity index (χ1) is 5.68. The lowest BCUT2D eigenvalue weighted by molar-refractivity contribution is -0.122. The van der Waals surface area contributed by atoms with E-state index in [0.29, 0.717) is 0 Å². The third-order valence-electron chi connectivity index (χ3n) is 1.26. The molecule has 1 heterocycles. The molecule has 4 heteroatoms. The number of amides is 1. The van der Waals surface area contributed by atoms with Crippen LogP contribution in [0.25, 0.3) is 0 Å². The molecule has 0 aliphatic rings. The Morgan fingerprint density at radius 3 is 3.00 bits per heavy atom. The lowest BCUT2D eigenvalue weighted by atomic mass is 10.4. The molecule has 1 aromatic heterocycles. The van der Waals surface area contributed by atoms with Gasteiger partial charge in [0.2, 0.25) is 5.91 Å². The average molecular weight is 166 g/mol. The maximum Gasteiger partial charge on any atom is 0.241 e. The van der Waals surface area contributed by atoms with E-state index in [2.05, 4.69) is 16.5 Å². The number of carbonyl (C=O) groups excluding carboxylic acids is 1. The first-order valence-electron chi connectivity index (χ1n) is 3.86. The molecular formula is C8H12N3O. The number of nitrogens with zero attached hydrogens (tertiary/aromatic N) is 2. The lowest BCUT2D eigenvalue weighted by Gasteiger charge is -2.07. The summed E-state index contributed by atoms with van der Waals surface area (Å²) in [6.07, 6.45) is 3.17. The van der Waals surface area contributed by atoms with Gasteiger partial charge >= 0.3 is 0 Å². The Kier molecular flexibility index (Phi) is 2.85. The number of nitrogens with one attached hydrogen (secondary N) is 1. The molecule has 1 rings (SSSR count). The van der Waals surface area contributed by atoms with E-state index < -0.39 is 0 Å². The van der Waals surface area contributed by atoms with E-state index in [1.54, 1.807) is 6.20 Å². The van der Waals surface area contributed by atoms with Gasteiger partial charge in [-0.2, -0.15) is 5.10 Å². The summed E-state index contributed by atoms with van der Waals surface area (Å²) in [4.78, 5) is 11.1. The van der Waals surface area contributed by atoms with Crippen molar-refractivity contribution in [1.29, 1.82) is 0 Å². The molecule has 0 aliphatic carbocycles. The van der Waals surface area contributed by atoms with Crippen molar-refractivity contribution >= 4 is 5.91 Å². The average Bonchev–Trinajstić information content (AvgIpc) is 2.37. The van der Waals surface area contributed by atoms with Crippen LogP contribution in [0.3, 0.4) is 0 Å². The van der Waals surface area contributed by atoms with Crippen LogP contribution in [0.1, 0.15) is 13.8 Å². The summed E-state index contributed by atoms with van der Waals surface area (Å²) >= 11 is 0. The molecule has 12 heavy (non-hydrogen) atoms. The van der Waals surface area contributed by atoms with E-state index in [-0.39, 0.29) is 18.5 Å². The third-order valence-corrected chi connectivity index (χ3v) is 1.26. The third kappa shape index (κ3) is 2.74. The minimum absolute atomic E-state index is 0.0258. The SMILES string of the molecule is CC(C)NC(=O)Cn1c[c]cn1. The second-order valence-electron chi connectivity index (χ2n) is 2.86. The largest absolute Gasteiger partial charge is 0.352 e. The van der Waals surface area contributed by atoms with Gasteiger partial charge in [-0.1, -0.05) is 0 Å². The molecule has 1 radical (unpaired) electrons. The van der Waals surface area contributed by atoms with Crippen molar-refractivity contribution in [2.45, 2.75) is 26.4 Å². The number of rotatable bonds is 3. The van der Waals surface area contributed by atoms with Crippen LogP contribution in [0.4, 0.5) is 0 Å². The summed E-state index contributed by atoms with van der Waals surface area (Å²) in [7, 11) is 0. The van der Waals surface area contributed by atoms with Gasteiger partial charge in [0.15, 0.2) is 0 Å². The molecule has 1 aromatic rings. The highest BCUT2D eigenvalue weighted by Crippen LogP contribution is 1.84. The molecule has 0 saturated carbocycles. The Labute approximate surface area is 71.6 Å². The van der Waals surface area contributed by atoms with Crippen molar-refractivity contribution < 1.29 is 4.79 Å². The fourth-order valence-electron chi connectivity index (χ4n) is 0.861. The van der Waals surface area contributed by atoms with Crippen LogP contribution in [0.2, 0.25) is 0 Å². The van der Waals surface area contributed by atoms with Crippen LogP contribution in [0, 0.1) is 6.07 Å². The van der Waals surface area contributed by atoms with E-state index in [9.17, 15) is 4.79 Å². The predicted octanol–water partition coefficient (Wildman–Crippen LogP) is 0.208. The fraction of sp³-hybridized carbons (Fsp3) is 0.500. The molecule has 0 spiro atoms. The molecule has 4 nitrogen and oxygen atoms in total. The molecule has 1 amide bonds. The number of aromatic nitrogens is 2. The van der Waals surface area contributed by atoms with Gasteiger partial charge in [0.05, 0.1) is 6.20 Å². The van der Waals surface area contributed by atoms with Gasteiger partial charge < -0.3 is 5.32 Å². The molecule has 1 N–H and O–H groups in total. The Hall–Kier alpha value is -1.32. The van der Waals surface area contributed by atoms with Gasteiger partial charge in [-0.3, -0.25) is 9.48 Å². The summed E-state index contributed by atoms with van der Waals surface area (Å²) in [6.45, 7) is 4.11. The van der Waals surface area contributed by atoms with Gasteiger partial charge in [0, 0.05) is 18.3 Å². The maximum absolute atomic E-state index is 11.1. The van der Waals surface area contributed by atoms with Crippen LogP contribution < -0.4 is 5.32 Å². The molecule has 0 fully saturated rings. The lowest BCUT2D eigenvalue weighted by Crippen LogP contribution is -2.33. The topological polar surface area (TPSA) is 46.9 Å². The van der Waals surface area contributed by atoms with Gasteiger partial charge in [-0.05, 0) is 13.8 Å². The fourth-order valence-corrected chi connectivity index (χ4v) is 0.861. The van der Waals surface area contributed by atoms with Crippen molar-refractivity contribution in [3.05, 3.63) is 18.5 Å². The standard InChI is InChI=1S/C8H12N3O/c1-7(2)10-8(12)6-11-5-3-4-9-11/h4-5,7H,6H2,1-2H3,(H,10,12). The molecular weight excluding hydrogens is 154 g/mol. The molecule has 0 atom stereocenters. The Morgan fingerprint density at radius 2 is 2.50 bits per heavy atom. The molecule has 65 valence electrons. The van der Waals surface area contributed by atoms with Gasteiger partial charge in [0.25, 0.3) is 0 Å². The summed E-state index contributed by atoms with van der Waals surface area (Å²) < 4.78 is 1.54. The van der Waals surface area contributed by atoms with Gasteiger partial charge in [0.1, 0.15) is 6.54 Å². The van der Waals surface area contributed by atoms with Gasteiger partial charge in [-0.15, -0.1) is 0 Å². The summed E-state index contributed by atoms with van der Waals surface area (Å²) in [5.41, 5.74) is 0. The zero-order valence-electron chi connectivity index (χ0n) is 7.24. The molecule has 0 aromatic carbocycles. The second-order valence-corrected chi connectivity index (χ2v) is 2.86. The zero-order valence-corrected chi connectivity index (χ0v) is 7.24. The van der Waals surface area contributed by atoms with Crippen molar-refractivity contribution in [3.63, 3.8) is 0 Å². The maximum atomic E-state index is 11.1. The normalized spacial score (nSPS) is 10.2. The second kappa shape index (κ2) is 3.90. The van der Waals surface area contributed by atoms with E-state index >= 15 is 0 Å². The zero-order chi connectivity index (χ0) is 8.97. The highest BCUT2D eigenvalue weighted by atomic mass is 16.2. The Morgan fingerprint density at radius 1 is 1.75 bits per heavy atom. The summed E-state index contributed by atoms with van der Waals surface area (Å²) in [5, 5.41) is 6.63. The predicted molar refractivity (Wildman–Crippen MR) is 44.3 cm³/mol. The highest BCUT2D eigenvalue weighted by Gasteiger charge is 2.03. The van der Waals surface area contributed by atoms with Crippen LogP contribution >= 0.6 is 0 Å². The molecule has 0 bridgehead atoms. The van der Waals surface area contributed by atoms with Crippen molar-refractivity contribution in [3.8, 4) is 0 Å². The van der Waals surface area contributed by atoms with Crippen molar-refractivity contribution in [1.82, 2.24) is 15.1 Å². The van der Waals surface area contributed by atoms with E-state index in [0.717, 1.165) is 0 Å². The number of hydrogen-bond donors (Lipinski definition) is 1. The van der Waals surface area contributed by atoms with Crippen molar-refractivity contribution in [2.75, 3.05) is 0 Å². The van der Waals surface area contributed by atoms with Crippen LogP contribution in [-0.4, -0.2) is 21.7 Å². The quantitative estimate of drug-likeness (QED) is 0.697. The Bertz CT molecular complexity index is 241. The first-order valence-corrected chi connectivity index (χ1v) is 3.86. The van der Waals surface area contributed by atoms with Gasteiger partial charge in [-0.25, -0.2) is 0 Å². The smallest absolute Gasteiger partial charge is 0.241 e. The van der Waals surface area contributed by atoms with E-state index in [1.807, 2.05) is 13.8 Å². The Balaban J connectivity index is 2.37. The van der Waals surface area contributed by atoms with Crippen molar-refractivity contribution in [2.24, 2.45) is 0 Å². The summed E-state index contributed by atoms with van der Waals surface area (Å²) in [5.74, 6) is -0.0258. The number of hydrogen-bond acceptors (Lipinski definition) is 2. The van der Waals surface area contributed by atoms with Crippen LogP contribution in [0.5, 0.6) is 0 Å². The van der Waals surface area contributed by atoms with E-state index in [1.165, 1.54) is 10.9 Å². The summed E-state index contributed by atoms with van der Waals surface area (Å²) in [6, 6.07) is 2.94. The van der Waals surface area contributed by atoms with Crippen LogP contribution in [0.15, 0.2) is 12.4 Å². The molecule has 0 saturated heterocycles. The highest BCUT2D eigenvalue weighted by molar-refractivity contribution is 5.75. The first kappa shape index (κ1) is 8.77. The molecule has 0 aliphatic heterocycles. The molecule has 0 unspecified atom stereocenters. The minimum atomic E-state index is -0.0258. The van der Waals surface area contributed by atoms with Crippen LogP contribution in [-0.2, 0) is 11.3 Å².